The molecule has 1 aliphatic heterocycles. The summed E-state index contributed by atoms with van der Waals surface area (Å²) < 4.78 is 2.89. The molecule has 0 bridgehead atoms. The molecule has 1 saturated heterocycles. The summed E-state index contributed by atoms with van der Waals surface area (Å²) in [6.45, 7) is 2.41. The monoisotopic (exact) mass is 433 g/mol. The molecule has 1 atom stereocenters. The van der Waals surface area contributed by atoms with Crippen molar-refractivity contribution >= 4 is 40.3 Å². The van der Waals surface area contributed by atoms with E-state index in [0.29, 0.717) is 6.54 Å². The average molecular weight is 433 g/mol. The first-order valence-corrected chi connectivity index (χ1v) is 9.35. The van der Waals surface area contributed by atoms with Crippen LogP contribution < -0.4 is 0 Å². The molecule has 23 heavy (non-hydrogen) atoms. The molecule has 1 heterocycles. The maximum Gasteiger partial charge on any atom is 0.237 e. The van der Waals surface area contributed by atoms with Gasteiger partial charge in [-0.1, -0.05) is 66.6 Å². The Hall–Kier alpha value is -1.45. The predicted octanol–water partition coefficient (Wildman–Crippen LogP) is 4.25. The Labute approximate surface area is 154 Å². The highest BCUT2D eigenvalue weighted by atomic mass is 127. The van der Waals surface area contributed by atoms with Crippen LogP contribution in [0.3, 0.4) is 0 Å². The van der Waals surface area contributed by atoms with E-state index in [0.717, 1.165) is 11.1 Å². The van der Waals surface area contributed by atoms with Crippen LogP contribution in [0.15, 0.2) is 60.7 Å². The maximum atomic E-state index is 12.8. The van der Waals surface area contributed by atoms with Gasteiger partial charge in [-0.25, -0.2) is 0 Å². The molecule has 0 saturated carbocycles. The molecule has 1 fully saturated rings. The molecule has 0 spiro atoms. The van der Waals surface area contributed by atoms with Crippen molar-refractivity contribution in [3.63, 3.8) is 0 Å². The van der Waals surface area contributed by atoms with Crippen molar-refractivity contribution in [3.05, 3.63) is 71.8 Å². The number of nitrogens with zero attached hydrogens (tertiary/aromatic N) is 1. The minimum Gasteiger partial charge on any atom is -0.308 e. The number of rotatable bonds is 3. The normalized spacial score (nSPS) is 19.3. The summed E-state index contributed by atoms with van der Waals surface area (Å²) >= 11 is 3.71. The Morgan fingerprint density at radius 2 is 1.61 bits per heavy atom. The summed E-state index contributed by atoms with van der Waals surface area (Å²) in [5.74, 6) is 3.20. The van der Waals surface area contributed by atoms with Crippen molar-refractivity contribution in [2.75, 3.05) is 6.54 Å². The molecular formula is C19H16INOS. The van der Waals surface area contributed by atoms with Crippen molar-refractivity contribution in [1.82, 2.24) is 4.90 Å². The summed E-state index contributed by atoms with van der Waals surface area (Å²) in [5, 5.41) is -0.0913. The first-order chi connectivity index (χ1) is 11.2. The van der Waals surface area contributed by atoms with Gasteiger partial charge in [0.1, 0.15) is 4.87 Å². The number of carbonyl (C=O) groups excluding carboxylic acids is 1. The van der Waals surface area contributed by atoms with Crippen LogP contribution in [0.5, 0.6) is 0 Å². The number of amides is 1. The molecule has 1 unspecified atom stereocenters. The van der Waals surface area contributed by atoms with Crippen LogP contribution in [0.2, 0.25) is 0 Å². The number of hydrogen-bond donors (Lipinski definition) is 0. The highest BCUT2D eigenvalue weighted by Gasteiger charge is 2.52. The van der Waals surface area contributed by atoms with Crippen LogP contribution >= 0.6 is 34.4 Å². The lowest BCUT2D eigenvalue weighted by molar-refractivity contribution is -0.130. The fourth-order valence-corrected chi connectivity index (χ4v) is 4.72. The van der Waals surface area contributed by atoms with Crippen molar-refractivity contribution in [2.24, 2.45) is 0 Å². The largest absolute Gasteiger partial charge is 0.308 e. The third-order valence-electron chi connectivity index (χ3n) is 3.98. The minimum atomic E-state index is -0.514. The lowest BCUT2D eigenvalue weighted by atomic mass is 9.96. The van der Waals surface area contributed by atoms with Crippen molar-refractivity contribution in [3.8, 4) is 9.85 Å². The topological polar surface area (TPSA) is 20.3 Å². The predicted molar refractivity (Wildman–Crippen MR) is 104 cm³/mol. The van der Waals surface area contributed by atoms with E-state index in [1.165, 1.54) is 0 Å². The first-order valence-electron chi connectivity index (χ1n) is 7.39. The molecule has 4 heteroatoms. The van der Waals surface area contributed by atoms with Crippen molar-refractivity contribution < 1.29 is 4.79 Å². The highest BCUT2D eigenvalue weighted by molar-refractivity contribution is 14.1. The zero-order valence-electron chi connectivity index (χ0n) is 12.7. The zero-order chi connectivity index (χ0) is 16.3. The molecule has 0 aromatic heterocycles. The summed E-state index contributed by atoms with van der Waals surface area (Å²) in [4.78, 5) is 14.2. The lowest BCUT2D eigenvalue weighted by Crippen LogP contribution is -2.43. The highest BCUT2D eigenvalue weighted by Crippen LogP contribution is 2.52. The van der Waals surface area contributed by atoms with Crippen molar-refractivity contribution in [2.45, 2.75) is 17.0 Å². The molecule has 1 aliphatic rings. The lowest BCUT2D eigenvalue weighted by Gasteiger charge is -2.37. The number of thioether (sulfide) groups is 1. The van der Waals surface area contributed by atoms with Gasteiger partial charge in [0.2, 0.25) is 5.91 Å². The van der Waals surface area contributed by atoms with Crippen LogP contribution in [-0.4, -0.2) is 22.6 Å². The van der Waals surface area contributed by atoms with Crippen LogP contribution in [0.4, 0.5) is 0 Å². The Bertz CT molecular complexity index is 712. The Morgan fingerprint density at radius 1 is 1.09 bits per heavy atom. The van der Waals surface area contributed by atoms with Gasteiger partial charge in [0, 0.05) is 22.6 Å². The van der Waals surface area contributed by atoms with Crippen LogP contribution in [0.1, 0.15) is 18.1 Å². The van der Waals surface area contributed by atoms with Crippen LogP contribution in [0.25, 0.3) is 0 Å². The second kappa shape index (κ2) is 6.98. The SMILES string of the molecule is CC1SC(c2ccccc2)(c2ccccc2)N(CC#CI)C1=O. The van der Waals surface area contributed by atoms with Gasteiger partial charge in [0.15, 0.2) is 0 Å². The van der Waals surface area contributed by atoms with E-state index in [9.17, 15) is 4.79 Å². The number of halogens is 1. The molecular weight excluding hydrogens is 417 g/mol. The van der Waals surface area contributed by atoms with Gasteiger partial charge >= 0.3 is 0 Å². The van der Waals surface area contributed by atoms with Crippen molar-refractivity contribution in [1.29, 1.82) is 0 Å². The van der Waals surface area contributed by atoms with Gasteiger partial charge in [0.05, 0.1) is 11.8 Å². The van der Waals surface area contributed by atoms with Gasteiger partial charge < -0.3 is 4.90 Å². The molecule has 0 aliphatic carbocycles. The fraction of sp³-hybridized carbons (Fsp3) is 0.211. The number of benzene rings is 2. The van der Waals surface area contributed by atoms with E-state index in [1.54, 1.807) is 11.8 Å². The number of carbonyl (C=O) groups is 1. The van der Waals surface area contributed by atoms with E-state index in [1.807, 2.05) is 70.8 Å². The fourth-order valence-electron chi connectivity index (χ4n) is 2.99. The summed E-state index contributed by atoms with van der Waals surface area (Å²) in [5.41, 5.74) is 2.23. The quantitative estimate of drug-likeness (QED) is 0.533. The van der Waals surface area contributed by atoms with E-state index < -0.39 is 4.87 Å². The van der Waals surface area contributed by atoms with E-state index in [4.69, 9.17) is 0 Å². The molecule has 2 aromatic carbocycles. The molecule has 0 N–H and O–H groups in total. The molecule has 2 aromatic rings. The van der Waals surface area contributed by atoms with Gasteiger partial charge in [0.25, 0.3) is 0 Å². The minimum absolute atomic E-state index is 0.0913. The van der Waals surface area contributed by atoms with E-state index in [2.05, 4.69) is 34.1 Å². The van der Waals surface area contributed by atoms with E-state index in [-0.39, 0.29) is 11.2 Å². The zero-order valence-corrected chi connectivity index (χ0v) is 15.7. The second-order valence-corrected chi connectivity index (χ2v) is 7.40. The van der Waals surface area contributed by atoms with Gasteiger partial charge in [-0.3, -0.25) is 4.79 Å². The third kappa shape index (κ3) is 2.88. The third-order valence-corrected chi connectivity index (χ3v) is 5.94. The molecule has 116 valence electrons. The number of hydrogen-bond acceptors (Lipinski definition) is 2. The smallest absolute Gasteiger partial charge is 0.237 e. The Morgan fingerprint density at radius 3 is 2.09 bits per heavy atom. The van der Waals surface area contributed by atoms with Gasteiger partial charge in [-0.15, -0.1) is 11.8 Å². The summed E-state index contributed by atoms with van der Waals surface area (Å²) in [7, 11) is 0. The van der Waals surface area contributed by atoms with Crippen LogP contribution in [-0.2, 0) is 9.67 Å². The standard InChI is InChI=1S/C19H16INOS/c1-15-18(22)21(14-8-13-20)19(23-15,16-9-4-2-5-10-16)17-11-6-3-7-12-17/h2-7,9-12,15H,14H2,1H3. The first kappa shape index (κ1) is 16.4. The average Bonchev–Trinajstić information content (AvgIpc) is 2.87. The van der Waals surface area contributed by atoms with E-state index >= 15 is 0 Å². The second-order valence-electron chi connectivity index (χ2n) is 5.33. The van der Waals surface area contributed by atoms with Gasteiger partial charge in [-0.05, 0) is 22.0 Å². The Balaban J connectivity index is 2.22. The molecule has 0 radical (unpaired) electrons. The molecule has 1 amide bonds. The summed E-state index contributed by atoms with van der Waals surface area (Å²) in [6.07, 6.45) is 0. The summed E-state index contributed by atoms with van der Waals surface area (Å²) in [6, 6.07) is 20.5. The van der Waals surface area contributed by atoms with Crippen LogP contribution in [0, 0.1) is 9.85 Å². The maximum absolute atomic E-state index is 12.8. The Kier molecular flexibility index (Phi) is 4.98. The molecule has 2 nitrogen and oxygen atoms in total. The van der Waals surface area contributed by atoms with Gasteiger partial charge in [-0.2, -0.15) is 0 Å². The molecule has 3 rings (SSSR count).